The molecule has 2 aromatic carbocycles. The second kappa shape index (κ2) is 8.90. The first-order valence-electron chi connectivity index (χ1n) is 9.20. The highest BCUT2D eigenvalue weighted by molar-refractivity contribution is 7.80. The zero-order valence-corrected chi connectivity index (χ0v) is 16.3. The Morgan fingerprint density at radius 2 is 2.04 bits per heavy atom. The van der Waals surface area contributed by atoms with E-state index in [1.165, 1.54) is 17.7 Å². The van der Waals surface area contributed by atoms with Crippen molar-refractivity contribution in [2.75, 3.05) is 37.0 Å². The van der Waals surface area contributed by atoms with E-state index in [1.807, 2.05) is 18.2 Å². The number of nitrogens with zero attached hydrogens (tertiary/aromatic N) is 1. The zero-order chi connectivity index (χ0) is 18.4. The van der Waals surface area contributed by atoms with Crippen LogP contribution in [0, 0.1) is 5.92 Å². The third-order valence-electron chi connectivity index (χ3n) is 4.87. The molecule has 1 aliphatic heterocycles. The summed E-state index contributed by atoms with van der Waals surface area (Å²) < 4.78 is 5.23. The van der Waals surface area contributed by atoms with Gasteiger partial charge < -0.3 is 20.3 Å². The van der Waals surface area contributed by atoms with Crippen LogP contribution in [0.15, 0.2) is 48.5 Å². The van der Waals surface area contributed by atoms with Gasteiger partial charge in [-0.25, -0.2) is 0 Å². The maximum absolute atomic E-state index is 5.45. The van der Waals surface area contributed by atoms with Crippen molar-refractivity contribution in [1.29, 1.82) is 0 Å². The van der Waals surface area contributed by atoms with Crippen LogP contribution in [0.2, 0.25) is 0 Å². The molecule has 138 valence electrons. The van der Waals surface area contributed by atoms with E-state index in [2.05, 4.69) is 52.8 Å². The second-order valence-electron chi connectivity index (χ2n) is 6.69. The first kappa shape index (κ1) is 18.5. The summed E-state index contributed by atoms with van der Waals surface area (Å²) in [5.41, 5.74) is 3.61. The van der Waals surface area contributed by atoms with Gasteiger partial charge in [-0.15, -0.1) is 0 Å². The Kier molecular flexibility index (Phi) is 6.34. The Hall–Kier alpha value is -2.27. The zero-order valence-electron chi connectivity index (χ0n) is 15.5. The molecule has 4 nitrogen and oxygen atoms in total. The van der Waals surface area contributed by atoms with E-state index in [4.69, 9.17) is 17.0 Å². The molecule has 0 aromatic heterocycles. The van der Waals surface area contributed by atoms with Crippen molar-refractivity contribution in [2.24, 2.45) is 5.92 Å². The van der Waals surface area contributed by atoms with E-state index in [0.717, 1.165) is 37.5 Å². The minimum Gasteiger partial charge on any atom is -0.497 e. The number of rotatable bonds is 6. The van der Waals surface area contributed by atoms with E-state index < -0.39 is 0 Å². The summed E-state index contributed by atoms with van der Waals surface area (Å²) in [7, 11) is 1.70. The summed E-state index contributed by atoms with van der Waals surface area (Å²) >= 11 is 5.45. The molecule has 1 heterocycles. The standard InChI is InChI=1S/C21H27N3OS/c1-3-16-5-4-6-18(13-16)23-21(26)22-14-17-11-12-24(15-17)19-7-9-20(25-2)10-8-19/h4-10,13,17H,3,11-12,14-15H2,1-2H3,(H2,22,23,26)/t17-/m0/s1. The molecule has 5 heteroatoms. The normalized spacial score (nSPS) is 16.4. The second-order valence-corrected chi connectivity index (χ2v) is 7.10. The van der Waals surface area contributed by atoms with Crippen LogP contribution < -0.4 is 20.3 Å². The third kappa shape index (κ3) is 4.88. The number of aryl methyl sites for hydroxylation is 1. The lowest BCUT2D eigenvalue weighted by molar-refractivity contribution is 0.415. The highest BCUT2D eigenvalue weighted by Crippen LogP contribution is 2.25. The fraction of sp³-hybridized carbons (Fsp3) is 0.381. The Morgan fingerprint density at radius 3 is 2.77 bits per heavy atom. The van der Waals surface area contributed by atoms with Crippen LogP contribution in [0.4, 0.5) is 11.4 Å². The molecule has 2 N–H and O–H groups in total. The van der Waals surface area contributed by atoms with Gasteiger partial charge in [-0.2, -0.15) is 0 Å². The summed E-state index contributed by atoms with van der Waals surface area (Å²) in [6, 6.07) is 16.7. The lowest BCUT2D eigenvalue weighted by atomic mass is 10.1. The summed E-state index contributed by atoms with van der Waals surface area (Å²) in [5.74, 6) is 1.49. The van der Waals surface area contributed by atoms with Gasteiger partial charge in [0, 0.05) is 31.0 Å². The number of methoxy groups -OCH3 is 1. The molecule has 0 spiro atoms. The van der Waals surface area contributed by atoms with Gasteiger partial charge in [0.1, 0.15) is 5.75 Å². The summed E-state index contributed by atoms with van der Waals surface area (Å²) in [4.78, 5) is 2.42. The molecule has 3 rings (SSSR count). The fourth-order valence-electron chi connectivity index (χ4n) is 3.31. The quantitative estimate of drug-likeness (QED) is 0.751. The van der Waals surface area contributed by atoms with Crippen LogP contribution in [-0.4, -0.2) is 31.9 Å². The third-order valence-corrected chi connectivity index (χ3v) is 5.11. The van der Waals surface area contributed by atoms with Gasteiger partial charge in [0.15, 0.2) is 5.11 Å². The van der Waals surface area contributed by atoms with Crippen molar-refractivity contribution in [1.82, 2.24) is 5.32 Å². The van der Waals surface area contributed by atoms with Gasteiger partial charge in [0.25, 0.3) is 0 Å². The first-order chi connectivity index (χ1) is 12.7. The first-order valence-corrected chi connectivity index (χ1v) is 9.61. The Balaban J connectivity index is 1.45. The predicted octanol–water partition coefficient (Wildman–Crippen LogP) is 4.07. The van der Waals surface area contributed by atoms with E-state index in [1.54, 1.807) is 7.11 Å². The average Bonchev–Trinajstić information content (AvgIpc) is 3.15. The number of anilines is 2. The molecule has 0 aliphatic carbocycles. The summed E-state index contributed by atoms with van der Waals surface area (Å²) in [5, 5.41) is 7.36. The summed E-state index contributed by atoms with van der Waals surface area (Å²) in [6.45, 7) is 5.18. The van der Waals surface area contributed by atoms with Crippen LogP contribution in [0.5, 0.6) is 5.75 Å². The molecular weight excluding hydrogens is 342 g/mol. The van der Waals surface area contributed by atoms with E-state index >= 15 is 0 Å². The van der Waals surface area contributed by atoms with Crippen LogP contribution in [0.1, 0.15) is 18.9 Å². The number of thiocarbonyl (C=S) groups is 1. The molecule has 1 aliphatic rings. The van der Waals surface area contributed by atoms with Gasteiger partial charge in [0.2, 0.25) is 0 Å². The van der Waals surface area contributed by atoms with Crippen LogP contribution in [0.25, 0.3) is 0 Å². The number of hydrogen-bond donors (Lipinski definition) is 2. The Morgan fingerprint density at radius 1 is 1.23 bits per heavy atom. The lowest BCUT2D eigenvalue weighted by Crippen LogP contribution is -2.34. The molecule has 1 fully saturated rings. The monoisotopic (exact) mass is 369 g/mol. The van der Waals surface area contributed by atoms with Gasteiger partial charge in [-0.3, -0.25) is 0 Å². The van der Waals surface area contributed by atoms with Crippen LogP contribution in [0.3, 0.4) is 0 Å². The molecule has 2 aromatic rings. The summed E-state index contributed by atoms with van der Waals surface area (Å²) in [6.07, 6.45) is 2.20. The molecule has 1 saturated heterocycles. The molecule has 0 saturated carbocycles. The highest BCUT2D eigenvalue weighted by Gasteiger charge is 2.22. The van der Waals surface area contributed by atoms with Crippen molar-refractivity contribution in [3.8, 4) is 5.75 Å². The predicted molar refractivity (Wildman–Crippen MR) is 113 cm³/mol. The molecule has 0 unspecified atom stereocenters. The van der Waals surface area contributed by atoms with Gasteiger partial charge in [-0.05, 0) is 72.9 Å². The number of benzene rings is 2. The van der Waals surface area contributed by atoms with Gasteiger partial charge >= 0.3 is 0 Å². The molecular formula is C21H27N3OS. The fourth-order valence-corrected chi connectivity index (χ4v) is 3.51. The molecule has 1 atom stereocenters. The number of ether oxygens (including phenoxy) is 1. The van der Waals surface area contributed by atoms with Crippen LogP contribution in [-0.2, 0) is 6.42 Å². The molecule has 0 radical (unpaired) electrons. The van der Waals surface area contributed by atoms with Crippen molar-refractivity contribution in [2.45, 2.75) is 19.8 Å². The molecule has 0 bridgehead atoms. The molecule has 26 heavy (non-hydrogen) atoms. The Labute approximate surface area is 161 Å². The SMILES string of the molecule is CCc1cccc(NC(=S)NC[C@@H]2CCN(c3ccc(OC)cc3)C2)c1. The topological polar surface area (TPSA) is 36.5 Å². The highest BCUT2D eigenvalue weighted by atomic mass is 32.1. The smallest absolute Gasteiger partial charge is 0.170 e. The van der Waals surface area contributed by atoms with E-state index in [-0.39, 0.29) is 0 Å². The van der Waals surface area contributed by atoms with Crippen LogP contribution >= 0.6 is 12.2 Å². The lowest BCUT2D eigenvalue weighted by Gasteiger charge is -2.19. The van der Waals surface area contributed by atoms with E-state index in [9.17, 15) is 0 Å². The van der Waals surface area contributed by atoms with E-state index in [0.29, 0.717) is 11.0 Å². The van der Waals surface area contributed by atoms with Crippen molar-refractivity contribution < 1.29 is 4.74 Å². The maximum Gasteiger partial charge on any atom is 0.170 e. The minimum absolute atomic E-state index is 0.596. The van der Waals surface area contributed by atoms with Crippen molar-refractivity contribution in [3.05, 3.63) is 54.1 Å². The van der Waals surface area contributed by atoms with Crippen molar-refractivity contribution in [3.63, 3.8) is 0 Å². The average molecular weight is 370 g/mol. The largest absolute Gasteiger partial charge is 0.497 e. The number of nitrogens with one attached hydrogen (secondary N) is 2. The van der Waals surface area contributed by atoms with Crippen molar-refractivity contribution >= 4 is 28.7 Å². The van der Waals surface area contributed by atoms with Gasteiger partial charge in [-0.1, -0.05) is 19.1 Å². The van der Waals surface area contributed by atoms with Gasteiger partial charge in [0.05, 0.1) is 7.11 Å². The molecule has 0 amide bonds. The maximum atomic E-state index is 5.45. The Bertz CT molecular complexity index is 732. The minimum atomic E-state index is 0.596. The number of hydrogen-bond acceptors (Lipinski definition) is 3.